The molecule has 1 aromatic rings. The van der Waals surface area contributed by atoms with Gasteiger partial charge in [-0.3, -0.25) is 0 Å². The number of aliphatic hydroxyl groups excluding tert-OH is 1. The number of ether oxygens (including phenoxy) is 1. The van der Waals surface area contributed by atoms with Crippen LogP contribution >= 0.6 is 0 Å². The third-order valence-corrected chi connectivity index (χ3v) is 3.62. The summed E-state index contributed by atoms with van der Waals surface area (Å²) in [6.07, 6.45) is 4.03. The summed E-state index contributed by atoms with van der Waals surface area (Å²) in [6, 6.07) is 6.34. The van der Waals surface area contributed by atoms with Crippen molar-refractivity contribution < 1.29 is 9.84 Å². The first-order valence-corrected chi connectivity index (χ1v) is 5.79. The lowest BCUT2D eigenvalue weighted by Crippen LogP contribution is -2.11. The van der Waals surface area contributed by atoms with Gasteiger partial charge in [0.2, 0.25) is 0 Å². The second kappa shape index (κ2) is 3.53. The van der Waals surface area contributed by atoms with Crippen LogP contribution in [0.2, 0.25) is 0 Å². The fraction of sp³-hybridized carbons (Fsp3) is 0.538. The SMILES string of the molecule is OC1CCCC1c1cccc2c1OCC2. The molecular formula is C13H16O2. The van der Waals surface area contributed by atoms with Crippen molar-refractivity contribution in [1.29, 1.82) is 0 Å². The van der Waals surface area contributed by atoms with E-state index in [-0.39, 0.29) is 6.10 Å². The van der Waals surface area contributed by atoms with Crippen LogP contribution in [0.15, 0.2) is 18.2 Å². The lowest BCUT2D eigenvalue weighted by Gasteiger charge is -2.17. The smallest absolute Gasteiger partial charge is 0.126 e. The van der Waals surface area contributed by atoms with Gasteiger partial charge in [0.1, 0.15) is 5.75 Å². The van der Waals surface area contributed by atoms with Crippen molar-refractivity contribution in [3.8, 4) is 5.75 Å². The Labute approximate surface area is 89.9 Å². The summed E-state index contributed by atoms with van der Waals surface area (Å²) in [5, 5.41) is 9.92. The van der Waals surface area contributed by atoms with E-state index in [0.29, 0.717) is 5.92 Å². The van der Waals surface area contributed by atoms with Crippen LogP contribution in [-0.2, 0) is 6.42 Å². The molecule has 1 aliphatic heterocycles. The van der Waals surface area contributed by atoms with Gasteiger partial charge < -0.3 is 9.84 Å². The predicted molar refractivity (Wildman–Crippen MR) is 58.2 cm³/mol. The quantitative estimate of drug-likeness (QED) is 0.760. The second-order valence-electron chi connectivity index (χ2n) is 4.54. The molecule has 1 saturated carbocycles. The zero-order chi connectivity index (χ0) is 10.3. The molecule has 0 aromatic heterocycles. The Hall–Kier alpha value is -1.02. The van der Waals surface area contributed by atoms with Crippen LogP contribution in [0.1, 0.15) is 36.3 Å². The summed E-state index contributed by atoms with van der Waals surface area (Å²) in [7, 11) is 0. The lowest BCUT2D eigenvalue weighted by molar-refractivity contribution is 0.162. The summed E-state index contributed by atoms with van der Waals surface area (Å²) >= 11 is 0. The number of fused-ring (bicyclic) bond motifs is 1. The molecule has 15 heavy (non-hydrogen) atoms. The highest BCUT2D eigenvalue weighted by Crippen LogP contribution is 2.41. The Morgan fingerprint density at radius 2 is 2.20 bits per heavy atom. The van der Waals surface area contributed by atoms with Gasteiger partial charge in [-0.1, -0.05) is 24.6 Å². The third-order valence-electron chi connectivity index (χ3n) is 3.62. The van der Waals surface area contributed by atoms with Gasteiger partial charge in [0.05, 0.1) is 12.7 Å². The van der Waals surface area contributed by atoms with Gasteiger partial charge in [-0.05, 0) is 18.4 Å². The maximum absolute atomic E-state index is 9.92. The van der Waals surface area contributed by atoms with Gasteiger partial charge in [0.15, 0.2) is 0 Å². The van der Waals surface area contributed by atoms with Crippen molar-refractivity contribution in [3.05, 3.63) is 29.3 Å². The van der Waals surface area contributed by atoms with Crippen LogP contribution in [0, 0.1) is 0 Å². The van der Waals surface area contributed by atoms with Crippen LogP contribution in [-0.4, -0.2) is 17.8 Å². The van der Waals surface area contributed by atoms with Crippen molar-refractivity contribution in [2.45, 2.75) is 37.7 Å². The minimum Gasteiger partial charge on any atom is -0.493 e. The number of rotatable bonds is 1. The molecule has 2 heteroatoms. The minimum atomic E-state index is -0.166. The molecule has 0 saturated heterocycles. The second-order valence-corrected chi connectivity index (χ2v) is 4.54. The average Bonchev–Trinajstić information content (AvgIpc) is 2.85. The lowest BCUT2D eigenvalue weighted by atomic mass is 9.93. The first-order chi connectivity index (χ1) is 7.36. The molecule has 2 atom stereocenters. The highest BCUT2D eigenvalue weighted by Gasteiger charge is 2.30. The van der Waals surface area contributed by atoms with Gasteiger partial charge >= 0.3 is 0 Å². The van der Waals surface area contributed by atoms with Gasteiger partial charge in [-0.2, -0.15) is 0 Å². The Bertz CT molecular complexity index is 373. The normalized spacial score (nSPS) is 28.9. The number of benzene rings is 1. The average molecular weight is 204 g/mol. The summed E-state index contributed by atoms with van der Waals surface area (Å²) in [5.41, 5.74) is 2.54. The molecule has 1 N–H and O–H groups in total. The van der Waals surface area contributed by atoms with Crippen molar-refractivity contribution in [2.24, 2.45) is 0 Å². The van der Waals surface area contributed by atoms with Gasteiger partial charge in [-0.25, -0.2) is 0 Å². The summed E-state index contributed by atoms with van der Waals surface area (Å²) in [4.78, 5) is 0. The first kappa shape index (κ1) is 9.22. The number of para-hydroxylation sites is 1. The Morgan fingerprint density at radius 1 is 1.27 bits per heavy atom. The van der Waals surface area contributed by atoms with Crippen molar-refractivity contribution in [2.75, 3.05) is 6.61 Å². The van der Waals surface area contributed by atoms with E-state index in [1.165, 1.54) is 11.1 Å². The highest BCUT2D eigenvalue weighted by molar-refractivity contribution is 5.46. The van der Waals surface area contributed by atoms with E-state index in [1.807, 2.05) is 0 Å². The van der Waals surface area contributed by atoms with E-state index in [2.05, 4.69) is 18.2 Å². The third kappa shape index (κ3) is 1.44. The van der Waals surface area contributed by atoms with Crippen LogP contribution in [0.5, 0.6) is 5.75 Å². The number of hydrogen-bond donors (Lipinski definition) is 1. The van der Waals surface area contributed by atoms with Crippen molar-refractivity contribution >= 4 is 0 Å². The van der Waals surface area contributed by atoms with E-state index in [0.717, 1.165) is 38.0 Å². The van der Waals surface area contributed by atoms with E-state index in [9.17, 15) is 5.11 Å². The monoisotopic (exact) mass is 204 g/mol. The van der Waals surface area contributed by atoms with Gasteiger partial charge in [-0.15, -0.1) is 0 Å². The molecule has 1 aliphatic carbocycles. The molecule has 2 aliphatic rings. The molecule has 80 valence electrons. The minimum absolute atomic E-state index is 0.166. The van der Waals surface area contributed by atoms with E-state index in [4.69, 9.17) is 4.74 Å². The number of aliphatic hydroxyl groups is 1. The molecule has 2 nitrogen and oxygen atoms in total. The van der Waals surface area contributed by atoms with Crippen LogP contribution in [0.3, 0.4) is 0 Å². The fourth-order valence-electron chi connectivity index (χ4n) is 2.84. The Morgan fingerprint density at radius 3 is 3.00 bits per heavy atom. The van der Waals surface area contributed by atoms with Crippen LogP contribution in [0.25, 0.3) is 0 Å². The standard InChI is InChI=1S/C13H16O2/c14-12-6-2-4-10(12)11-5-1-3-9-7-8-15-13(9)11/h1,3,5,10,12,14H,2,4,6-8H2. The largest absolute Gasteiger partial charge is 0.493 e. The Balaban J connectivity index is 2.01. The molecule has 1 heterocycles. The van der Waals surface area contributed by atoms with Crippen molar-refractivity contribution in [1.82, 2.24) is 0 Å². The van der Waals surface area contributed by atoms with E-state index in [1.54, 1.807) is 0 Å². The maximum atomic E-state index is 9.92. The zero-order valence-corrected chi connectivity index (χ0v) is 8.78. The molecule has 1 fully saturated rings. The summed E-state index contributed by atoms with van der Waals surface area (Å²) < 4.78 is 5.68. The molecule has 1 aromatic carbocycles. The van der Waals surface area contributed by atoms with Crippen LogP contribution < -0.4 is 4.74 Å². The highest BCUT2D eigenvalue weighted by atomic mass is 16.5. The Kier molecular flexibility index (Phi) is 2.17. The van der Waals surface area contributed by atoms with Crippen LogP contribution in [0.4, 0.5) is 0 Å². The summed E-state index contributed by atoms with van der Waals surface area (Å²) in [5.74, 6) is 1.36. The molecular weight excluding hydrogens is 188 g/mol. The molecule has 0 amide bonds. The van der Waals surface area contributed by atoms with Gasteiger partial charge in [0, 0.05) is 17.9 Å². The zero-order valence-electron chi connectivity index (χ0n) is 8.78. The number of hydrogen-bond acceptors (Lipinski definition) is 2. The molecule has 3 rings (SSSR count). The van der Waals surface area contributed by atoms with E-state index >= 15 is 0 Å². The fourth-order valence-corrected chi connectivity index (χ4v) is 2.84. The van der Waals surface area contributed by atoms with Gasteiger partial charge in [0.25, 0.3) is 0 Å². The van der Waals surface area contributed by atoms with Crippen molar-refractivity contribution in [3.63, 3.8) is 0 Å². The van der Waals surface area contributed by atoms with E-state index < -0.39 is 0 Å². The molecule has 0 spiro atoms. The summed E-state index contributed by atoms with van der Waals surface area (Å²) in [6.45, 7) is 0.801. The molecule has 0 bridgehead atoms. The topological polar surface area (TPSA) is 29.5 Å². The molecule has 2 unspecified atom stereocenters. The first-order valence-electron chi connectivity index (χ1n) is 5.79. The molecule has 0 radical (unpaired) electrons. The predicted octanol–water partition coefficient (Wildman–Crippen LogP) is 2.25. The maximum Gasteiger partial charge on any atom is 0.126 e.